The number of anilines is 1. The zero-order valence-electron chi connectivity index (χ0n) is 13.7. The maximum absolute atomic E-state index is 12.3. The van der Waals surface area contributed by atoms with Gasteiger partial charge in [-0.2, -0.15) is 0 Å². The van der Waals surface area contributed by atoms with E-state index in [2.05, 4.69) is 15.2 Å². The highest BCUT2D eigenvalue weighted by Gasteiger charge is 2.14. The second-order valence-corrected chi connectivity index (χ2v) is 6.20. The van der Waals surface area contributed by atoms with Crippen LogP contribution in [0.4, 0.5) is 5.69 Å². The van der Waals surface area contributed by atoms with E-state index in [-0.39, 0.29) is 11.5 Å². The number of amides is 1. The fraction of sp³-hybridized carbons (Fsp3) is 0.263. The van der Waals surface area contributed by atoms with Gasteiger partial charge in [0.2, 0.25) is 5.91 Å². The molecule has 1 aliphatic rings. The first-order valence-corrected chi connectivity index (χ1v) is 8.35. The summed E-state index contributed by atoms with van der Waals surface area (Å²) >= 11 is 0. The van der Waals surface area contributed by atoms with Gasteiger partial charge in [-0.05, 0) is 29.7 Å². The van der Waals surface area contributed by atoms with Crippen LogP contribution in [0.25, 0.3) is 21.7 Å². The molecule has 2 N–H and O–H groups in total. The van der Waals surface area contributed by atoms with Gasteiger partial charge < -0.3 is 15.0 Å². The third-order valence-electron chi connectivity index (χ3n) is 4.48. The Labute approximate surface area is 144 Å². The van der Waals surface area contributed by atoms with Gasteiger partial charge in [0.25, 0.3) is 5.56 Å². The first-order chi connectivity index (χ1) is 12.2. The number of nitrogens with one attached hydrogen (secondary N) is 2. The van der Waals surface area contributed by atoms with Crippen LogP contribution in [0.5, 0.6) is 0 Å². The van der Waals surface area contributed by atoms with Crippen molar-refractivity contribution in [3.8, 4) is 0 Å². The average molecular weight is 337 g/mol. The van der Waals surface area contributed by atoms with E-state index < -0.39 is 0 Å². The summed E-state index contributed by atoms with van der Waals surface area (Å²) in [7, 11) is 0. The number of carbonyl (C=O) groups excluding carboxylic acids is 1. The molecule has 6 nitrogen and oxygen atoms in total. The number of rotatable bonds is 3. The lowest BCUT2D eigenvalue weighted by Crippen LogP contribution is -2.41. The van der Waals surface area contributed by atoms with Gasteiger partial charge in [-0.25, -0.2) is 0 Å². The molecule has 0 radical (unpaired) electrons. The van der Waals surface area contributed by atoms with E-state index >= 15 is 0 Å². The van der Waals surface area contributed by atoms with Gasteiger partial charge >= 0.3 is 0 Å². The number of morpholine rings is 1. The number of aromatic amines is 1. The first kappa shape index (κ1) is 15.8. The molecule has 0 bridgehead atoms. The average Bonchev–Trinajstić information content (AvgIpc) is 2.63. The van der Waals surface area contributed by atoms with Crippen LogP contribution in [0.3, 0.4) is 0 Å². The molecule has 25 heavy (non-hydrogen) atoms. The Kier molecular flexibility index (Phi) is 4.21. The van der Waals surface area contributed by atoms with Crippen LogP contribution < -0.4 is 10.9 Å². The fourth-order valence-electron chi connectivity index (χ4n) is 3.22. The molecular formula is C19H19N3O3. The van der Waals surface area contributed by atoms with Gasteiger partial charge in [-0.15, -0.1) is 0 Å². The van der Waals surface area contributed by atoms with E-state index in [1.807, 2.05) is 36.4 Å². The number of nitrogens with zero attached hydrogens (tertiary/aromatic N) is 1. The molecule has 6 heteroatoms. The number of H-pyrrole nitrogens is 1. The third kappa shape index (κ3) is 3.26. The molecule has 0 unspecified atom stereocenters. The van der Waals surface area contributed by atoms with Crippen molar-refractivity contribution < 1.29 is 9.53 Å². The Morgan fingerprint density at radius 2 is 1.84 bits per heavy atom. The summed E-state index contributed by atoms with van der Waals surface area (Å²) in [5.41, 5.74) is 1.38. The summed E-state index contributed by atoms with van der Waals surface area (Å²) in [5.74, 6) is -0.0463. The van der Waals surface area contributed by atoms with E-state index in [0.29, 0.717) is 25.1 Å². The molecule has 3 aromatic rings. The number of carbonyl (C=O) groups is 1. The van der Waals surface area contributed by atoms with Gasteiger partial charge in [0.15, 0.2) is 0 Å². The highest BCUT2D eigenvalue weighted by molar-refractivity contribution is 6.07. The lowest BCUT2D eigenvalue weighted by atomic mass is 10.1. The zero-order chi connectivity index (χ0) is 17.2. The molecule has 2 aromatic carbocycles. The van der Waals surface area contributed by atoms with Gasteiger partial charge in [0.1, 0.15) is 0 Å². The van der Waals surface area contributed by atoms with Crippen LogP contribution in [-0.2, 0) is 9.53 Å². The van der Waals surface area contributed by atoms with Gasteiger partial charge in [-0.3, -0.25) is 14.5 Å². The fourth-order valence-corrected chi connectivity index (χ4v) is 3.22. The van der Waals surface area contributed by atoms with Gasteiger partial charge in [-0.1, -0.05) is 18.2 Å². The second-order valence-electron chi connectivity index (χ2n) is 6.20. The molecule has 4 rings (SSSR count). The molecule has 1 saturated heterocycles. The number of benzene rings is 2. The zero-order valence-corrected chi connectivity index (χ0v) is 13.7. The Bertz CT molecular complexity index is 990. The van der Waals surface area contributed by atoms with Crippen LogP contribution in [0.2, 0.25) is 0 Å². The van der Waals surface area contributed by atoms with Crippen LogP contribution in [0.15, 0.2) is 47.3 Å². The first-order valence-electron chi connectivity index (χ1n) is 8.35. The van der Waals surface area contributed by atoms with Crippen LogP contribution in [0, 0.1) is 0 Å². The molecule has 0 saturated carbocycles. The smallest absolute Gasteiger partial charge is 0.256 e. The molecular weight excluding hydrogens is 318 g/mol. The van der Waals surface area contributed by atoms with Crippen molar-refractivity contribution in [1.29, 1.82) is 0 Å². The summed E-state index contributed by atoms with van der Waals surface area (Å²) in [4.78, 5) is 29.4. The minimum Gasteiger partial charge on any atom is -0.379 e. The Morgan fingerprint density at radius 1 is 1.08 bits per heavy atom. The van der Waals surface area contributed by atoms with Crippen molar-refractivity contribution in [2.24, 2.45) is 0 Å². The predicted octanol–water partition coefficient (Wildman–Crippen LogP) is 1.95. The maximum Gasteiger partial charge on any atom is 0.256 e. The van der Waals surface area contributed by atoms with Crippen molar-refractivity contribution in [3.63, 3.8) is 0 Å². The van der Waals surface area contributed by atoms with Crippen molar-refractivity contribution in [3.05, 3.63) is 52.8 Å². The standard InChI is InChI=1S/C19H19N3O3/c23-18(12-22-7-9-25-10-8-22)20-13-5-6-17-16(11-13)14-3-1-2-4-15(14)19(24)21-17/h1-6,11H,7-10,12H2,(H,20,23)(H,21,24). The molecule has 1 aromatic heterocycles. The molecule has 2 heterocycles. The van der Waals surface area contributed by atoms with Crippen LogP contribution in [-0.4, -0.2) is 48.6 Å². The summed E-state index contributed by atoms with van der Waals surface area (Å²) in [6.45, 7) is 3.24. The number of hydrogen-bond acceptors (Lipinski definition) is 4. The summed E-state index contributed by atoms with van der Waals surface area (Å²) in [5, 5.41) is 5.39. The third-order valence-corrected chi connectivity index (χ3v) is 4.48. The van der Waals surface area contributed by atoms with Crippen molar-refractivity contribution in [1.82, 2.24) is 9.88 Å². The number of aromatic nitrogens is 1. The largest absolute Gasteiger partial charge is 0.379 e. The van der Waals surface area contributed by atoms with E-state index in [9.17, 15) is 9.59 Å². The van der Waals surface area contributed by atoms with E-state index in [1.54, 1.807) is 6.07 Å². The molecule has 0 atom stereocenters. The van der Waals surface area contributed by atoms with Gasteiger partial charge in [0.05, 0.1) is 19.8 Å². The maximum atomic E-state index is 12.3. The Morgan fingerprint density at radius 3 is 2.64 bits per heavy atom. The second kappa shape index (κ2) is 6.66. The number of fused-ring (bicyclic) bond motifs is 3. The minimum absolute atomic E-state index is 0.0463. The quantitative estimate of drug-likeness (QED) is 0.717. The topological polar surface area (TPSA) is 74.4 Å². The van der Waals surface area contributed by atoms with E-state index in [0.717, 1.165) is 35.1 Å². The molecule has 0 aliphatic carbocycles. The minimum atomic E-state index is -0.104. The summed E-state index contributed by atoms with van der Waals surface area (Å²) in [6.07, 6.45) is 0. The van der Waals surface area contributed by atoms with E-state index in [4.69, 9.17) is 4.74 Å². The lowest BCUT2D eigenvalue weighted by molar-refractivity contribution is -0.118. The summed E-state index contributed by atoms with van der Waals surface area (Å²) in [6, 6.07) is 13.0. The number of pyridine rings is 1. The highest BCUT2D eigenvalue weighted by Crippen LogP contribution is 2.24. The van der Waals surface area contributed by atoms with Gasteiger partial charge in [0, 0.05) is 35.1 Å². The molecule has 1 fully saturated rings. The SMILES string of the molecule is O=C(CN1CCOCC1)Nc1ccc2[nH]c(=O)c3ccccc3c2c1. The van der Waals surface area contributed by atoms with Crippen molar-refractivity contribution in [2.45, 2.75) is 0 Å². The number of hydrogen-bond donors (Lipinski definition) is 2. The van der Waals surface area contributed by atoms with Crippen molar-refractivity contribution in [2.75, 3.05) is 38.2 Å². The Balaban J connectivity index is 1.62. The normalized spacial score (nSPS) is 15.5. The van der Waals surface area contributed by atoms with Crippen molar-refractivity contribution >= 4 is 33.3 Å². The van der Waals surface area contributed by atoms with Crippen LogP contribution in [0.1, 0.15) is 0 Å². The number of ether oxygens (including phenoxy) is 1. The molecule has 128 valence electrons. The Hall–Kier alpha value is -2.70. The highest BCUT2D eigenvalue weighted by atomic mass is 16.5. The monoisotopic (exact) mass is 337 g/mol. The molecule has 0 spiro atoms. The predicted molar refractivity (Wildman–Crippen MR) is 98.0 cm³/mol. The van der Waals surface area contributed by atoms with E-state index in [1.165, 1.54) is 0 Å². The lowest BCUT2D eigenvalue weighted by Gasteiger charge is -2.25. The summed E-state index contributed by atoms with van der Waals surface area (Å²) < 4.78 is 5.30. The molecule has 1 amide bonds. The van der Waals surface area contributed by atoms with Crippen LogP contribution >= 0.6 is 0 Å². The molecule has 1 aliphatic heterocycles.